The van der Waals surface area contributed by atoms with Gasteiger partial charge in [0.05, 0.1) is 5.92 Å². The minimum atomic E-state index is -0.951. The van der Waals surface area contributed by atoms with Crippen LogP contribution < -0.4 is 0 Å². The van der Waals surface area contributed by atoms with E-state index in [2.05, 4.69) is 41.5 Å². The molecule has 0 amide bonds. The van der Waals surface area contributed by atoms with Gasteiger partial charge in [0, 0.05) is 0 Å². The molecule has 3 rings (SSSR count). The fraction of sp³-hybridized carbons (Fsp3) is 0.833. The lowest BCUT2D eigenvalue weighted by atomic mass is 9.71. The van der Waals surface area contributed by atoms with Crippen molar-refractivity contribution in [1.29, 1.82) is 0 Å². The fourth-order valence-corrected chi connectivity index (χ4v) is 6.95. The van der Waals surface area contributed by atoms with Crippen molar-refractivity contribution in [2.75, 3.05) is 0 Å². The van der Waals surface area contributed by atoms with Crippen molar-refractivity contribution in [2.24, 2.45) is 53.3 Å². The second kappa shape index (κ2) is 11.6. The van der Waals surface area contributed by atoms with E-state index in [0.29, 0.717) is 41.1 Å². The van der Waals surface area contributed by atoms with E-state index in [0.717, 1.165) is 38.5 Å². The molecule has 0 aromatic carbocycles. The fourth-order valence-electron chi connectivity index (χ4n) is 6.95. The maximum absolute atomic E-state index is 13.5. The van der Waals surface area contributed by atoms with Gasteiger partial charge in [0.25, 0.3) is 0 Å². The number of esters is 2. The molecule has 3 aliphatic rings. The lowest BCUT2D eigenvalue weighted by molar-refractivity contribution is -0.169. The van der Waals surface area contributed by atoms with Crippen LogP contribution in [-0.2, 0) is 23.9 Å². The van der Waals surface area contributed by atoms with Crippen LogP contribution in [0.2, 0.25) is 0 Å². The first-order chi connectivity index (χ1) is 16.4. The third kappa shape index (κ3) is 6.38. The first kappa shape index (κ1) is 27.9. The highest BCUT2D eigenvalue weighted by molar-refractivity contribution is 6.07. The molecular formula is C30H48O5. The Hall–Kier alpha value is -1.65. The van der Waals surface area contributed by atoms with E-state index in [4.69, 9.17) is 9.47 Å². The van der Waals surface area contributed by atoms with Gasteiger partial charge in [0.2, 0.25) is 0 Å². The lowest BCUT2D eigenvalue weighted by Gasteiger charge is -2.40. The molecule has 198 valence electrons. The first-order valence-corrected chi connectivity index (χ1v) is 14.0. The number of allylic oxidation sites excluding steroid dienone is 1. The van der Waals surface area contributed by atoms with E-state index in [-0.39, 0.29) is 24.0 Å². The Bertz CT molecular complexity index is 812. The van der Waals surface area contributed by atoms with Gasteiger partial charge in [-0.15, -0.1) is 0 Å². The third-order valence-electron chi connectivity index (χ3n) is 9.18. The van der Waals surface area contributed by atoms with Crippen LogP contribution in [0.15, 0.2) is 11.6 Å². The monoisotopic (exact) mass is 488 g/mol. The maximum atomic E-state index is 13.5. The van der Waals surface area contributed by atoms with Crippen LogP contribution in [0, 0.1) is 53.3 Å². The number of hydrogen-bond donors (Lipinski definition) is 0. The predicted molar refractivity (Wildman–Crippen MR) is 137 cm³/mol. The summed E-state index contributed by atoms with van der Waals surface area (Å²) in [7, 11) is 0. The SMILES string of the molecule is CC1=CC(=O)[C@@H](C(=O)O[C@@H]2C[C@H](C)CC[C@@H]2C(C)C)[C@@H](C)[C@H]1C(=O)O[C@@H]1C[C@H](C)CC[C@@H]1C(C)C. The van der Waals surface area contributed by atoms with Crippen molar-refractivity contribution < 1.29 is 23.9 Å². The van der Waals surface area contributed by atoms with Gasteiger partial charge < -0.3 is 9.47 Å². The Morgan fingerprint density at radius 3 is 1.63 bits per heavy atom. The summed E-state index contributed by atoms with van der Waals surface area (Å²) in [5, 5.41) is 0. The third-order valence-corrected chi connectivity index (χ3v) is 9.18. The van der Waals surface area contributed by atoms with Gasteiger partial charge >= 0.3 is 11.9 Å². The highest BCUT2D eigenvalue weighted by Crippen LogP contribution is 2.40. The summed E-state index contributed by atoms with van der Waals surface area (Å²) in [6.45, 7) is 16.8. The number of ether oxygens (including phenoxy) is 2. The Balaban J connectivity index is 1.75. The molecule has 0 unspecified atom stereocenters. The van der Waals surface area contributed by atoms with Crippen molar-refractivity contribution in [3.05, 3.63) is 11.6 Å². The second-order valence-electron chi connectivity index (χ2n) is 12.7. The largest absolute Gasteiger partial charge is 0.462 e. The van der Waals surface area contributed by atoms with Crippen molar-refractivity contribution in [3.63, 3.8) is 0 Å². The second-order valence-corrected chi connectivity index (χ2v) is 12.7. The van der Waals surface area contributed by atoms with Gasteiger partial charge in [-0.1, -0.05) is 66.9 Å². The molecule has 9 atom stereocenters. The molecular weight excluding hydrogens is 440 g/mol. The molecule has 0 radical (unpaired) electrons. The molecule has 2 fully saturated rings. The molecule has 0 aliphatic heterocycles. The molecule has 0 bridgehead atoms. The van der Waals surface area contributed by atoms with Crippen molar-refractivity contribution in [2.45, 2.75) is 106 Å². The van der Waals surface area contributed by atoms with Crippen molar-refractivity contribution >= 4 is 17.7 Å². The molecule has 5 heteroatoms. The summed E-state index contributed by atoms with van der Waals surface area (Å²) in [5.74, 6) is -0.511. The zero-order valence-corrected chi connectivity index (χ0v) is 23.2. The Labute approximate surface area is 212 Å². The van der Waals surface area contributed by atoms with Gasteiger partial charge in [-0.25, -0.2) is 0 Å². The molecule has 5 nitrogen and oxygen atoms in total. The van der Waals surface area contributed by atoms with Crippen LogP contribution in [0.5, 0.6) is 0 Å². The summed E-state index contributed by atoms with van der Waals surface area (Å²) in [4.78, 5) is 39.9. The normalized spacial score (nSPS) is 38.3. The summed E-state index contributed by atoms with van der Waals surface area (Å²) < 4.78 is 12.2. The number of ketones is 1. The topological polar surface area (TPSA) is 69.7 Å². The summed E-state index contributed by atoms with van der Waals surface area (Å²) in [5.41, 5.74) is 0.688. The lowest BCUT2D eigenvalue weighted by Crippen LogP contribution is -2.46. The van der Waals surface area contributed by atoms with Gasteiger partial charge in [-0.2, -0.15) is 0 Å². The Morgan fingerprint density at radius 2 is 1.20 bits per heavy atom. The maximum Gasteiger partial charge on any atom is 0.317 e. The van der Waals surface area contributed by atoms with Crippen LogP contribution in [0.25, 0.3) is 0 Å². The smallest absolute Gasteiger partial charge is 0.317 e. The molecule has 0 aromatic heterocycles. The van der Waals surface area contributed by atoms with Crippen LogP contribution >= 0.6 is 0 Å². The summed E-state index contributed by atoms with van der Waals surface area (Å²) in [6.07, 6.45) is 7.32. The van der Waals surface area contributed by atoms with Crippen LogP contribution in [-0.4, -0.2) is 29.9 Å². The van der Waals surface area contributed by atoms with Crippen LogP contribution in [0.4, 0.5) is 0 Å². The highest BCUT2D eigenvalue weighted by atomic mass is 16.5. The van der Waals surface area contributed by atoms with Gasteiger partial charge in [0.15, 0.2) is 5.78 Å². The van der Waals surface area contributed by atoms with Gasteiger partial charge in [-0.3, -0.25) is 14.4 Å². The predicted octanol–water partition coefficient (Wildman–Crippen LogP) is 6.39. The summed E-state index contributed by atoms with van der Waals surface area (Å²) in [6, 6.07) is 0. The molecule has 0 spiro atoms. The number of hydrogen-bond acceptors (Lipinski definition) is 5. The Morgan fingerprint density at radius 1 is 0.771 bits per heavy atom. The summed E-state index contributed by atoms with van der Waals surface area (Å²) >= 11 is 0. The van der Waals surface area contributed by atoms with Gasteiger partial charge in [-0.05, 0) is 80.1 Å². The first-order valence-electron chi connectivity index (χ1n) is 14.0. The molecule has 35 heavy (non-hydrogen) atoms. The molecule has 3 aliphatic carbocycles. The van der Waals surface area contributed by atoms with E-state index in [1.54, 1.807) is 0 Å². The van der Waals surface area contributed by atoms with E-state index < -0.39 is 23.7 Å². The van der Waals surface area contributed by atoms with E-state index >= 15 is 0 Å². The average Bonchev–Trinajstić information content (AvgIpc) is 2.72. The van der Waals surface area contributed by atoms with Crippen LogP contribution in [0.3, 0.4) is 0 Å². The molecule has 0 heterocycles. The van der Waals surface area contributed by atoms with E-state index in [9.17, 15) is 14.4 Å². The van der Waals surface area contributed by atoms with Crippen molar-refractivity contribution in [3.8, 4) is 0 Å². The number of carbonyl (C=O) groups excluding carboxylic acids is 3. The quantitative estimate of drug-likeness (QED) is 0.320. The zero-order chi connectivity index (χ0) is 26.0. The molecule has 0 aromatic rings. The Kier molecular flexibility index (Phi) is 9.26. The standard InChI is InChI=1S/C30H48O5/c1-16(2)22-11-9-18(5)13-25(22)34-29(32)27-20(7)15-24(31)28(21(27)8)30(33)35-26-14-19(6)10-12-23(26)17(3)4/h15-19,21-23,25-28H,9-14H2,1-8H3/t18-,19-,21+,22-,23-,25-,26-,27+,28+/m1/s1. The van der Waals surface area contributed by atoms with Crippen molar-refractivity contribution in [1.82, 2.24) is 0 Å². The highest BCUT2D eigenvalue weighted by Gasteiger charge is 2.47. The number of rotatable bonds is 6. The number of carbonyl (C=O) groups is 3. The van der Waals surface area contributed by atoms with E-state index in [1.165, 1.54) is 6.08 Å². The minimum Gasteiger partial charge on any atom is -0.462 e. The average molecular weight is 489 g/mol. The van der Waals surface area contributed by atoms with E-state index in [1.807, 2.05) is 13.8 Å². The van der Waals surface area contributed by atoms with Crippen LogP contribution in [0.1, 0.15) is 93.9 Å². The molecule has 2 saturated carbocycles. The molecule has 0 saturated heterocycles. The minimum absolute atomic E-state index is 0.107. The molecule has 0 N–H and O–H groups in total. The van der Waals surface area contributed by atoms with Gasteiger partial charge in [0.1, 0.15) is 18.1 Å². The zero-order valence-electron chi connectivity index (χ0n) is 23.2.